The molecule has 0 aliphatic heterocycles. The van der Waals surface area contributed by atoms with Crippen LogP contribution in [0.15, 0.2) is 24.3 Å². The Bertz CT molecular complexity index is 353. The minimum atomic E-state index is -0.164. The van der Waals surface area contributed by atoms with Crippen LogP contribution in [0.5, 0.6) is 11.5 Å². The lowest BCUT2D eigenvalue weighted by Crippen LogP contribution is -2.33. The van der Waals surface area contributed by atoms with E-state index < -0.39 is 0 Å². The van der Waals surface area contributed by atoms with Gasteiger partial charge >= 0.3 is 0 Å². The van der Waals surface area contributed by atoms with E-state index in [1.165, 1.54) is 7.05 Å². The zero-order valence-electron chi connectivity index (χ0n) is 9.47. The summed E-state index contributed by atoms with van der Waals surface area (Å²) >= 11 is 0. The topological polar surface area (TPSA) is 64.8 Å². The summed E-state index contributed by atoms with van der Waals surface area (Å²) < 4.78 is 10.4. The molecule has 0 atom stereocenters. The van der Waals surface area contributed by atoms with Crippen molar-refractivity contribution in [2.75, 3.05) is 20.8 Å². The van der Waals surface area contributed by atoms with E-state index in [1.807, 2.05) is 12.1 Å². The Morgan fingerprint density at radius 1 is 1.44 bits per heavy atom. The van der Waals surface area contributed by atoms with Gasteiger partial charge in [0.15, 0.2) is 0 Å². The van der Waals surface area contributed by atoms with E-state index >= 15 is 0 Å². The van der Waals surface area contributed by atoms with Crippen LogP contribution in [0.3, 0.4) is 0 Å². The number of amides is 1. The first-order chi connectivity index (χ1) is 7.63. The Morgan fingerprint density at radius 3 is 2.75 bits per heavy atom. The van der Waals surface area contributed by atoms with Crippen molar-refractivity contribution in [1.29, 1.82) is 0 Å². The molecule has 0 aliphatic rings. The number of hydrogen-bond acceptors (Lipinski definition) is 4. The highest BCUT2D eigenvalue weighted by Crippen LogP contribution is 2.18. The van der Waals surface area contributed by atoms with Crippen LogP contribution in [0.4, 0.5) is 0 Å². The average molecular weight is 224 g/mol. The van der Waals surface area contributed by atoms with Gasteiger partial charge in [-0.1, -0.05) is 6.07 Å². The Hall–Kier alpha value is -1.75. The third-order valence-electron chi connectivity index (χ3n) is 2.02. The summed E-state index contributed by atoms with van der Waals surface area (Å²) in [5.74, 6) is 6.50. The van der Waals surface area contributed by atoms with Gasteiger partial charge in [0.2, 0.25) is 5.91 Å². The zero-order chi connectivity index (χ0) is 12.0. The van der Waals surface area contributed by atoms with Gasteiger partial charge in [-0.15, -0.1) is 0 Å². The molecule has 5 heteroatoms. The maximum Gasteiger partial charge on any atom is 0.239 e. The van der Waals surface area contributed by atoms with E-state index in [9.17, 15) is 4.79 Å². The largest absolute Gasteiger partial charge is 0.497 e. The Kier molecular flexibility index (Phi) is 4.60. The molecule has 0 aromatic heterocycles. The number of hydrogen-bond donors (Lipinski definition) is 1. The predicted octanol–water partition coefficient (Wildman–Crippen LogP) is 0.796. The minimum absolute atomic E-state index is 0.164. The highest BCUT2D eigenvalue weighted by molar-refractivity contribution is 5.75. The smallest absolute Gasteiger partial charge is 0.239 e. The summed E-state index contributed by atoms with van der Waals surface area (Å²) in [5.41, 5.74) is 0. The van der Waals surface area contributed by atoms with Crippen LogP contribution in [0, 0.1) is 0 Å². The molecule has 2 N–H and O–H groups in total. The molecule has 88 valence electrons. The van der Waals surface area contributed by atoms with Crippen molar-refractivity contribution >= 4 is 5.91 Å². The SMILES string of the molecule is COc1cccc(OCCC(=O)N(C)N)c1. The standard InChI is InChI=1S/C11H16N2O3/c1-13(12)11(14)6-7-16-10-5-3-4-9(8-10)15-2/h3-5,8H,6-7,12H2,1-2H3. The molecule has 1 aromatic carbocycles. The molecule has 0 spiro atoms. The number of rotatable bonds is 5. The summed E-state index contributed by atoms with van der Waals surface area (Å²) in [6, 6.07) is 7.21. The Balaban J connectivity index is 2.40. The van der Waals surface area contributed by atoms with E-state index in [2.05, 4.69) is 0 Å². The number of nitrogens with zero attached hydrogens (tertiary/aromatic N) is 1. The van der Waals surface area contributed by atoms with Gasteiger partial charge < -0.3 is 9.47 Å². The number of methoxy groups -OCH3 is 1. The van der Waals surface area contributed by atoms with Crippen molar-refractivity contribution in [2.24, 2.45) is 5.84 Å². The monoisotopic (exact) mass is 224 g/mol. The van der Waals surface area contributed by atoms with Gasteiger partial charge in [-0.2, -0.15) is 0 Å². The van der Waals surface area contributed by atoms with Gasteiger partial charge in [0.05, 0.1) is 20.1 Å². The molecule has 5 nitrogen and oxygen atoms in total. The summed E-state index contributed by atoms with van der Waals surface area (Å²) in [6.07, 6.45) is 0.254. The molecule has 0 aliphatic carbocycles. The van der Waals surface area contributed by atoms with Gasteiger partial charge in [-0.25, -0.2) is 5.84 Å². The van der Waals surface area contributed by atoms with Crippen LogP contribution in [0.25, 0.3) is 0 Å². The van der Waals surface area contributed by atoms with E-state index in [0.29, 0.717) is 12.4 Å². The van der Waals surface area contributed by atoms with Crippen LogP contribution in [-0.4, -0.2) is 31.7 Å². The first-order valence-electron chi connectivity index (χ1n) is 4.91. The van der Waals surface area contributed by atoms with Crippen LogP contribution in [-0.2, 0) is 4.79 Å². The summed E-state index contributed by atoms with van der Waals surface area (Å²) in [7, 11) is 3.10. The minimum Gasteiger partial charge on any atom is -0.497 e. The van der Waals surface area contributed by atoms with E-state index in [4.69, 9.17) is 15.3 Å². The third kappa shape index (κ3) is 3.78. The highest BCUT2D eigenvalue weighted by Gasteiger charge is 2.04. The molecule has 0 fully saturated rings. The summed E-state index contributed by atoms with van der Waals surface area (Å²) in [6.45, 7) is 0.299. The average Bonchev–Trinajstić information content (AvgIpc) is 2.29. The summed E-state index contributed by atoms with van der Waals surface area (Å²) in [5, 5.41) is 1.05. The fourth-order valence-electron chi connectivity index (χ4n) is 1.12. The summed E-state index contributed by atoms with van der Waals surface area (Å²) in [4.78, 5) is 11.2. The molecular weight excluding hydrogens is 208 g/mol. The van der Waals surface area contributed by atoms with Gasteiger partial charge in [-0.3, -0.25) is 9.80 Å². The quantitative estimate of drug-likeness (QED) is 0.456. The van der Waals surface area contributed by atoms with E-state index in [0.717, 1.165) is 10.8 Å². The van der Waals surface area contributed by atoms with Crippen LogP contribution in [0.2, 0.25) is 0 Å². The number of ether oxygens (including phenoxy) is 2. The number of carbonyl (C=O) groups is 1. The molecule has 1 rings (SSSR count). The second kappa shape index (κ2) is 5.97. The highest BCUT2D eigenvalue weighted by atomic mass is 16.5. The molecule has 0 bridgehead atoms. The predicted molar refractivity (Wildman–Crippen MR) is 60.1 cm³/mol. The van der Waals surface area contributed by atoms with Crippen molar-refractivity contribution in [3.63, 3.8) is 0 Å². The first-order valence-corrected chi connectivity index (χ1v) is 4.91. The lowest BCUT2D eigenvalue weighted by atomic mass is 10.3. The molecule has 0 saturated heterocycles. The Labute approximate surface area is 94.7 Å². The first kappa shape index (κ1) is 12.3. The fraction of sp³-hybridized carbons (Fsp3) is 0.364. The molecular formula is C11H16N2O3. The van der Waals surface area contributed by atoms with Crippen molar-refractivity contribution in [1.82, 2.24) is 5.01 Å². The van der Waals surface area contributed by atoms with Crippen molar-refractivity contribution in [3.05, 3.63) is 24.3 Å². The lowest BCUT2D eigenvalue weighted by molar-refractivity contribution is -0.130. The molecule has 1 amide bonds. The van der Waals surface area contributed by atoms with Crippen molar-refractivity contribution in [3.8, 4) is 11.5 Å². The van der Waals surface area contributed by atoms with Gasteiger partial charge in [0, 0.05) is 13.1 Å². The van der Waals surface area contributed by atoms with Crippen LogP contribution >= 0.6 is 0 Å². The second-order valence-corrected chi connectivity index (χ2v) is 3.28. The number of hydrazine groups is 1. The zero-order valence-corrected chi connectivity index (χ0v) is 9.47. The third-order valence-corrected chi connectivity index (χ3v) is 2.02. The number of carbonyl (C=O) groups excluding carboxylic acids is 1. The molecule has 0 heterocycles. The maximum absolute atomic E-state index is 11.2. The van der Waals surface area contributed by atoms with Crippen molar-refractivity contribution < 1.29 is 14.3 Å². The number of benzene rings is 1. The Morgan fingerprint density at radius 2 is 2.12 bits per heavy atom. The van der Waals surface area contributed by atoms with E-state index in [1.54, 1.807) is 19.2 Å². The lowest BCUT2D eigenvalue weighted by Gasteiger charge is -2.10. The van der Waals surface area contributed by atoms with Crippen LogP contribution in [0.1, 0.15) is 6.42 Å². The van der Waals surface area contributed by atoms with Crippen LogP contribution < -0.4 is 15.3 Å². The maximum atomic E-state index is 11.2. The number of nitrogens with two attached hydrogens (primary N) is 1. The molecule has 0 unspecified atom stereocenters. The fourth-order valence-corrected chi connectivity index (χ4v) is 1.12. The normalized spacial score (nSPS) is 9.69. The molecule has 0 saturated carbocycles. The van der Waals surface area contributed by atoms with Gasteiger partial charge in [0.25, 0.3) is 0 Å². The molecule has 16 heavy (non-hydrogen) atoms. The molecule has 1 aromatic rings. The second-order valence-electron chi connectivity index (χ2n) is 3.28. The molecule has 0 radical (unpaired) electrons. The van der Waals surface area contributed by atoms with E-state index in [-0.39, 0.29) is 12.3 Å². The van der Waals surface area contributed by atoms with Gasteiger partial charge in [0.1, 0.15) is 11.5 Å². The van der Waals surface area contributed by atoms with Gasteiger partial charge in [-0.05, 0) is 12.1 Å². The van der Waals surface area contributed by atoms with Crippen molar-refractivity contribution in [2.45, 2.75) is 6.42 Å².